The van der Waals surface area contributed by atoms with Crippen molar-refractivity contribution in [1.82, 2.24) is 0 Å². The third kappa shape index (κ3) is 17.7. The molecular weight excluding hydrogens is 500 g/mol. The van der Waals surface area contributed by atoms with Crippen molar-refractivity contribution in [2.75, 3.05) is 13.2 Å². The molecule has 2 rings (SSSR count). The van der Waals surface area contributed by atoms with E-state index in [1.54, 1.807) is 0 Å². The molecule has 3 heteroatoms. The van der Waals surface area contributed by atoms with Crippen LogP contribution in [0.2, 0.25) is 0 Å². The van der Waals surface area contributed by atoms with Crippen LogP contribution in [0, 0.1) is 22.7 Å². The Hall–Kier alpha value is -2.62. The summed E-state index contributed by atoms with van der Waals surface area (Å²) in [4.78, 5) is 0. The highest BCUT2D eigenvalue weighted by atomic mass is 16.5. The summed E-state index contributed by atoms with van der Waals surface area (Å²) in [7, 11) is 0. The van der Waals surface area contributed by atoms with E-state index in [0.29, 0.717) is 0 Å². The first kappa shape index (κ1) is 34.6. The summed E-state index contributed by atoms with van der Waals surface area (Å²) in [5, 5.41) is 18.3. The zero-order valence-corrected chi connectivity index (χ0v) is 25.9. The van der Waals surface area contributed by atoms with E-state index in [1.807, 2.05) is 36.4 Å². The zero-order chi connectivity index (χ0) is 29.1. The molecule has 0 aliphatic heterocycles. The van der Waals surface area contributed by atoms with Gasteiger partial charge in [0.1, 0.15) is 0 Å². The Morgan fingerprint density at radius 1 is 0.390 bits per heavy atom. The predicted octanol–water partition coefficient (Wildman–Crippen LogP) is 11.0. The zero-order valence-electron chi connectivity index (χ0n) is 25.9. The van der Waals surface area contributed by atoms with Gasteiger partial charge in [-0.3, -0.25) is 0 Å². The third-order valence-corrected chi connectivity index (χ3v) is 8.25. The maximum Gasteiger partial charge on any atom is 0.0994 e. The van der Waals surface area contributed by atoms with E-state index in [9.17, 15) is 10.5 Å². The minimum absolute atomic E-state index is 0.843. The van der Waals surface area contributed by atoms with E-state index < -0.39 is 0 Å². The molecule has 0 spiro atoms. The van der Waals surface area contributed by atoms with Gasteiger partial charge in [-0.05, 0) is 61.8 Å². The fourth-order valence-electron chi connectivity index (χ4n) is 5.66. The van der Waals surface area contributed by atoms with Crippen LogP contribution in [0.5, 0.6) is 0 Å². The molecule has 2 aromatic carbocycles. The van der Waals surface area contributed by atoms with E-state index >= 15 is 0 Å². The first-order valence-electron chi connectivity index (χ1n) is 16.9. The molecule has 0 saturated carbocycles. The Labute approximate surface area is 252 Å². The average molecular weight is 557 g/mol. The van der Waals surface area contributed by atoms with Crippen LogP contribution in [0.15, 0.2) is 48.5 Å². The summed E-state index contributed by atoms with van der Waals surface area (Å²) in [6.45, 7) is 1.88. The second-order valence-electron chi connectivity index (χ2n) is 11.7. The van der Waals surface area contributed by atoms with Crippen molar-refractivity contribution in [2.24, 2.45) is 0 Å². The van der Waals surface area contributed by atoms with Crippen molar-refractivity contribution in [3.63, 3.8) is 0 Å². The van der Waals surface area contributed by atoms with Gasteiger partial charge in [0.2, 0.25) is 0 Å². The molecule has 0 N–H and O–H groups in total. The van der Waals surface area contributed by atoms with Gasteiger partial charge in [-0.1, -0.05) is 139 Å². The monoisotopic (exact) mass is 556 g/mol. The molecule has 0 aliphatic rings. The van der Waals surface area contributed by atoms with Gasteiger partial charge in [0.25, 0.3) is 0 Å². The lowest BCUT2D eigenvalue weighted by Gasteiger charge is -2.06. The number of hydrogen-bond acceptors (Lipinski definition) is 3. The van der Waals surface area contributed by atoms with Crippen LogP contribution in [0.4, 0.5) is 0 Å². The van der Waals surface area contributed by atoms with Gasteiger partial charge in [0, 0.05) is 13.2 Å². The summed E-state index contributed by atoms with van der Waals surface area (Å²) in [5.74, 6) is 0. The quantitative estimate of drug-likeness (QED) is 0.108. The van der Waals surface area contributed by atoms with Gasteiger partial charge in [-0.2, -0.15) is 10.5 Å². The van der Waals surface area contributed by atoms with Crippen LogP contribution >= 0.6 is 0 Å². The highest BCUT2D eigenvalue weighted by Crippen LogP contribution is 2.16. The normalized spacial score (nSPS) is 10.9. The molecule has 0 radical (unpaired) electrons. The minimum atomic E-state index is 0.843. The molecule has 0 unspecified atom stereocenters. The molecule has 224 valence electrons. The maximum atomic E-state index is 9.17. The number of rotatable bonds is 26. The van der Waals surface area contributed by atoms with Crippen LogP contribution in [0.25, 0.3) is 0 Å². The van der Waals surface area contributed by atoms with Gasteiger partial charge < -0.3 is 4.74 Å². The van der Waals surface area contributed by atoms with E-state index in [-0.39, 0.29) is 0 Å². The lowest BCUT2D eigenvalue weighted by Crippen LogP contribution is -1.97. The summed E-state index contributed by atoms with van der Waals surface area (Å²) < 4.78 is 5.86. The van der Waals surface area contributed by atoms with Gasteiger partial charge in [0.05, 0.1) is 23.3 Å². The van der Waals surface area contributed by atoms with Crippen molar-refractivity contribution in [3.8, 4) is 12.1 Å². The fourth-order valence-corrected chi connectivity index (χ4v) is 5.66. The molecule has 0 fully saturated rings. The van der Waals surface area contributed by atoms with Gasteiger partial charge >= 0.3 is 0 Å². The highest BCUT2D eigenvalue weighted by Gasteiger charge is 2.02. The number of ether oxygens (including phenoxy) is 1. The van der Waals surface area contributed by atoms with Crippen molar-refractivity contribution >= 4 is 0 Å². The molecule has 0 heterocycles. The second-order valence-corrected chi connectivity index (χ2v) is 11.7. The van der Waals surface area contributed by atoms with E-state index in [0.717, 1.165) is 37.2 Å². The molecule has 3 nitrogen and oxygen atoms in total. The van der Waals surface area contributed by atoms with Gasteiger partial charge in [-0.15, -0.1) is 0 Å². The first-order valence-corrected chi connectivity index (χ1v) is 16.9. The molecule has 2 aromatic rings. The molecule has 41 heavy (non-hydrogen) atoms. The number of unbranched alkanes of at least 4 members (excludes halogenated alkanes) is 18. The Morgan fingerprint density at radius 3 is 1.02 bits per heavy atom. The molecule has 0 saturated heterocycles. The van der Waals surface area contributed by atoms with Crippen LogP contribution in [0.3, 0.4) is 0 Å². The van der Waals surface area contributed by atoms with Crippen molar-refractivity contribution in [3.05, 3.63) is 70.8 Å². The van der Waals surface area contributed by atoms with E-state index in [1.165, 1.54) is 140 Å². The summed E-state index contributed by atoms with van der Waals surface area (Å²) >= 11 is 0. The Bertz CT molecular complexity index is 907. The van der Waals surface area contributed by atoms with E-state index in [4.69, 9.17) is 4.74 Å². The molecule has 0 aliphatic carbocycles. The van der Waals surface area contributed by atoms with Crippen molar-refractivity contribution in [1.29, 1.82) is 10.5 Å². The van der Waals surface area contributed by atoms with E-state index in [2.05, 4.69) is 24.3 Å². The largest absolute Gasteiger partial charge is 0.381 e. The smallest absolute Gasteiger partial charge is 0.0994 e. The summed E-state index contributed by atoms with van der Waals surface area (Å²) in [6, 6.07) is 20.6. The minimum Gasteiger partial charge on any atom is -0.381 e. The Kier molecular flexibility index (Phi) is 21.2. The van der Waals surface area contributed by atoms with Gasteiger partial charge in [0.15, 0.2) is 0 Å². The van der Waals surface area contributed by atoms with Crippen LogP contribution in [-0.2, 0) is 17.6 Å². The number of nitrogens with zero attached hydrogens (tertiary/aromatic N) is 2. The number of benzene rings is 2. The fraction of sp³-hybridized carbons (Fsp3) is 0.632. The topological polar surface area (TPSA) is 56.8 Å². The Balaban J connectivity index is 1.22. The molecule has 0 bridgehead atoms. The predicted molar refractivity (Wildman–Crippen MR) is 173 cm³/mol. The lowest BCUT2D eigenvalue weighted by molar-refractivity contribution is 0.125. The van der Waals surface area contributed by atoms with Gasteiger partial charge in [-0.25, -0.2) is 0 Å². The maximum absolute atomic E-state index is 9.17. The third-order valence-electron chi connectivity index (χ3n) is 8.25. The van der Waals surface area contributed by atoms with Crippen molar-refractivity contribution < 1.29 is 4.74 Å². The molecular formula is C38H56N2O. The average Bonchev–Trinajstić information content (AvgIpc) is 3.01. The number of hydrogen-bond donors (Lipinski definition) is 0. The highest BCUT2D eigenvalue weighted by molar-refractivity contribution is 5.38. The second kappa shape index (κ2) is 25.1. The molecule has 0 aromatic heterocycles. The van der Waals surface area contributed by atoms with Crippen LogP contribution in [-0.4, -0.2) is 13.2 Å². The standard InChI is InChI=1S/C38H56N2O/c39-33-37-29-21-19-27-35(37)25-17-13-9-5-1-3-7-11-15-23-31-41-32-24-16-12-8-4-2-6-10-14-18-26-36-28-20-22-30-38(36)34-40/h19-22,27-30H,1-18,23-26,31-32H2. The first-order chi connectivity index (χ1) is 20.3. The SMILES string of the molecule is N#Cc1ccccc1CCCCCCCCCCCCOCCCCCCCCCCCCc1ccccc1C#N. The number of nitriles is 2. The molecule has 0 atom stereocenters. The van der Waals surface area contributed by atoms with Crippen LogP contribution < -0.4 is 0 Å². The Morgan fingerprint density at radius 2 is 0.683 bits per heavy atom. The number of aryl methyl sites for hydroxylation is 2. The van der Waals surface area contributed by atoms with Crippen molar-refractivity contribution in [2.45, 2.75) is 141 Å². The molecule has 0 amide bonds. The summed E-state index contributed by atoms with van der Waals surface area (Å²) in [5.41, 5.74) is 4.10. The van der Waals surface area contributed by atoms with Crippen LogP contribution in [0.1, 0.15) is 151 Å². The summed E-state index contributed by atoms with van der Waals surface area (Å²) in [6.07, 6.45) is 28.3. The lowest BCUT2D eigenvalue weighted by atomic mass is 10.0.